The lowest BCUT2D eigenvalue weighted by atomic mass is 9.77. The number of carbonyl (C=O) groups excluding carboxylic acids is 1. The van der Waals surface area contributed by atoms with Gasteiger partial charge >= 0.3 is 7.60 Å². The average molecular weight is 442 g/mol. The molecule has 1 aliphatic carbocycles. The van der Waals surface area contributed by atoms with Gasteiger partial charge in [0.1, 0.15) is 6.61 Å². The minimum Gasteiger partial charge on any atom is -0.414 e. The quantitative estimate of drug-likeness (QED) is 0.366. The topological polar surface area (TPSA) is 115 Å². The van der Waals surface area contributed by atoms with Gasteiger partial charge in [0.2, 0.25) is 5.91 Å². The van der Waals surface area contributed by atoms with Crippen molar-refractivity contribution in [2.45, 2.75) is 37.5 Å². The van der Waals surface area contributed by atoms with E-state index in [4.69, 9.17) is 20.4 Å². The van der Waals surface area contributed by atoms with Crippen molar-refractivity contribution in [1.82, 2.24) is 4.73 Å². The average Bonchev–Trinajstić information content (AvgIpc) is 3.06. The van der Waals surface area contributed by atoms with Crippen LogP contribution in [0, 0.1) is 0 Å². The van der Waals surface area contributed by atoms with E-state index in [0.29, 0.717) is 6.42 Å². The minimum atomic E-state index is -4.07. The first-order valence-corrected chi connectivity index (χ1v) is 12.3. The van der Waals surface area contributed by atoms with Crippen LogP contribution in [0.5, 0.6) is 0 Å². The number of nitrogens with zero attached hydrogens (tertiary/aromatic N) is 1. The minimum absolute atomic E-state index is 0.141. The molecule has 0 saturated carbocycles. The van der Waals surface area contributed by atoms with Crippen LogP contribution in [-0.4, -0.2) is 33.2 Å². The summed E-state index contributed by atoms with van der Waals surface area (Å²) in [6.07, 6.45) is 2.30. The van der Waals surface area contributed by atoms with Crippen molar-refractivity contribution in [3.05, 3.63) is 71.4 Å². The Kier molecular flexibility index (Phi) is 6.19. The van der Waals surface area contributed by atoms with Gasteiger partial charge in [0, 0.05) is 11.3 Å². The summed E-state index contributed by atoms with van der Waals surface area (Å²) in [5.41, 5.74) is 9.68. The Morgan fingerprint density at radius 1 is 1.10 bits per heavy atom. The molecule has 2 atom stereocenters. The fourth-order valence-electron chi connectivity index (χ4n) is 4.60. The van der Waals surface area contributed by atoms with Gasteiger partial charge in [-0.25, -0.2) is 0 Å². The molecule has 7 nitrogen and oxygen atoms in total. The molecule has 3 aromatic rings. The van der Waals surface area contributed by atoms with Gasteiger partial charge < -0.3 is 20.4 Å². The maximum atomic E-state index is 12.3. The SMILES string of the molecule is NC(=O)C1CCC(Cc2ccccc2)c2c1c1ccccc1n2OCCCP(=O)(O)O. The molecule has 2 unspecified atom stereocenters. The number of aromatic nitrogens is 1. The third-order valence-electron chi connectivity index (χ3n) is 5.93. The number of amides is 1. The number of hydrogen-bond donors (Lipinski definition) is 3. The first kappa shape index (κ1) is 21.6. The van der Waals surface area contributed by atoms with E-state index in [0.717, 1.165) is 35.0 Å². The molecule has 4 rings (SSSR count). The number of para-hydroxylation sites is 1. The number of primary amides is 1. The van der Waals surface area contributed by atoms with Crippen LogP contribution in [-0.2, 0) is 15.8 Å². The molecule has 1 amide bonds. The standard InChI is InChI=1S/C23H27N2O5P/c24-23(26)19-12-11-17(15-16-7-2-1-3-8-16)22-21(19)18-9-4-5-10-20(18)25(22)30-13-6-14-31(27,28)29/h1-5,7-10,17,19H,6,11-15H2,(H2,24,26)(H2,27,28,29). The van der Waals surface area contributed by atoms with Crippen LogP contribution in [0.15, 0.2) is 54.6 Å². The monoisotopic (exact) mass is 442 g/mol. The normalized spacial score (nSPS) is 18.6. The fourth-order valence-corrected chi connectivity index (χ4v) is 5.14. The van der Waals surface area contributed by atoms with Crippen molar-refractivity contribution < 1.29 is 24.0 Å². The number of hydrogen-bond acceptors (Lipinski definition) is 3. The summed E-state index contributed by atoms with van der Waals surface area (Å²) in [6.45, 7) is 0.162. The highest BCUT2D eigenvalue weighted by Crippen LogP contribution is 2.45. The third kappa shape index (κ3) is 4.69. The smallest absolute Gasteiger partial charge is 0.325 e. The fraction of sp³-hybridized carbons (Fsp3) is 0.348. The molecular formula is C23H27N2O5P. The molecule has 0 bridgehead atoms. The summed E-state index contributed by atoms with van der Waals surface area (Å²) in [6, 6.07) is 18.0. The molecule has 4 N–H and O–H groups in total. The van der Waals surface area contributed by atoms with E-state index >= 15 is 0 Å². The summed E-state index contributed by atoms with van der Waals surface area (Å²) >= 11 is 0. The molecule has 164 valence electrons. The van der Waals surface area contributed by atoms with Crippen molar-refractivity contribution in [2.75, 3.05) is 12.8 Å². The number of fused-ring (bicyclic) bond motifs is 3. The van der Waals surface area contributed by atoms with Gasteiger partial charge in [-0.2, -0.15) is 4.73 Å². The van der Waals surface area contributed by atoms with Gasteiger partial charge in [-0.1, -0.05) is 48.5 Å². The van der Waals surface area contributed by atoms with Crippen molar-refractivity contribution >= 4 is 24.4 Å². The van der Waals surface area contributed by atoms with E-state index in [1.165, 1.54) is 5.56 Å². The number of benzene rings is 2. The zero-order valence-electron chi connectivity index (χ0n) is 17.2. The second-order valence-electron chi connectivity index (χ2n) is 8.10. The van der Waals surface area contributed by atoms with Crippen molar-refractivity contribution in [2.24, 2.45) is 5.73 Å². The van der Waals surface area contributed by atoms with Crippen LogP contribution in [0.2, 0.25) is 0 Å². The molecule has 0 saturated heterocycles. The Bertz CT molecular complexity index is 1120. The van der Waals surface area contributed by atoms with Gasteiger partial charge in [-0.15, -0.1) is 0 Å². The van der Waals surface area contributed by atoms with Gasteiger partial charge in [-0.05, 0) is 42.9 Å². The van der Waals surface area contributed by atoms with Gasteiger partial charge in [-0.3, -0.25) is 9.36 Å². The van der Waals surface area contributed by atoms with Gasteiger partial charge in [0.15, 0.2) is 0 Å². The predicted molar refractivity (Wildman–Crippen MR) is 119 cm³/mol. The zero-order chi connectivity index (χ0) is 22.0. The van der Waals surface area contributed by atoms with Crippen LogP contribution >= 0.6 is 7.60 Å². The van der Waals surface area contributed by atoms with E-state index in [9.17, 15) is 9.36 Å². The molecule has 0 aliphatic heterocycles. The highest BCUT2D eigenvalue weighted by atomic mass is 31.2. The lowest BCUT2D eigenvalue weighted by Crippen LogP contribution is -2.29. The first-order chi connectivity index (χ1) is 14.8. The van der Waals surface area contributed by atoms with Gasteiger partial charge in [0.05, 0.1) is 23.3 Å². The van der Waals surface area contributed by atoms with Crippen LogP contribution in [0.1, 0.15) is 47.9 Å². The Labute approximate surface area is 180 Å². The Hall–Kier alpha value is -2.60. The molecule has 0 spiro atoms. The van der Waals surface area contributed by atoms with Crippen molar-refractivity contribution in [3.63, 3.8) is 0 Å². The molecule has 8 heteroatoms. The Balaban J connectivity index is 1.76. The second-order valence-corrected chi connectivity index (χ2v) is 9.88. The van der Waals surface area contributed by atoms with Crippen LogP contribution in [0.3, 0.4) is 0 Å². The molecule has 0 radical (unpaired) electrons. The Morgan fingerprint density at radius 3 is 2.52 bits per heavy atom. The second kappa shape index (κ2) is 8.87. The molecule has 1 aliphatic rings. The summed E-state index contributed by atoms with van der Waals surface area (Å²) in [4.78, 5) is 36.6. The van der Waals surface area contributed by atoms with E-state index in [-0.39, 0.29) is 36.9 Å². The predicted octanol–water partition coefficient (Wildman–Crippen LogP) is 3.33. The largest absolute Gasteiger partial charge is 0.414 e. The van der Waals surface area contributed by atoms with Crippen molar-refractivity contribution in [1.29, 1.82) is 0 Å². The number of rotatable bonds is 8. The van der Waals surface area contributed by atoms with Crippen LogP contribution < -0.4 is 10.6 Å². The molecule has 1 aromatic heterocycles. The number of carbonyl (C=O) groups is 1. The lowest BCUT2D eigenvalue weighted by Gasteiger charge is -2.29. The van der Waals surface area contributed by atoms with Crippen LogP contribution in [0.4, 0.5) is 0 Å². The molecule has 31 heavy (non-hydrogen) atoms. The van der Waals surface area contributed by atoms with E-state index in [2.05, 4.69) is 12.1 Å². The summed E-state index contributed by atoms with van der Waals surface area (Å²) in [7, 11) is -4.07. The highest BCUT2D eigenvalue weighted by Gasteiger charge is 2.36. The summed E-state index contributed by atoms with van der Waals surface area (Å²) in [5, 5.41) is 0.939. The van der Waals surface area contributed by atoms with Gasteiger partial charge in [0.25, 0.3) is 0 Å². The summed E-state index contributed by atoms with van der Waals surface area (Å²) in [5.74, 6) is -0.585. The van der Waals surface area contributed by atoms with Crippen molar-refractivity contribution in [3.8, 4) is 0 Å². The van der Waals surface area contributed by atoms with E-state index < -0.39 is 7.60 Å². The Morgan fingerprint density at radius 2 is 1.81 bits per heavy atom. The maximum absolute atomic E-state index is 12.3. The third-order valence-corrected chi connectivity index (χ3v) is 6.83. The maximum Gasteiger partial charge on any atom is 0.325 e. The van der Waals surface area contributed by atoms with Crippen LogP contribution in [0.25, 0.3) is 10.9 Å². The van der Waals surface area contributed by atoms with E-state index in [1.54, 1.807) is 4.73 Å². The molecular weight excluding hydrogens is 415 g/mol. The number of nitrogens with two attached hydrogens (primary N) is 1. The molecule has 2 aromatic carbocycles. The zero-order valence-corrected chi connectivity index (χ0v) is 18.1. The highest BCUT2D eigenvalue weighted by molar-refractivity contribution is 7.51. The first-order valence-electron chi connectivity index (χ1n) is 10.5. The van der Waals surface area contributed by atoms with E-state index in [1.807, 2.05) is 42.5 Å². The lowest BCUT2D eigenvalue weighted by molar-refractivity contribution is -0.119. The molecule has 0 fully saturated rings. The summed E-state index contributed by atoms with van der Waals surface area (Å²) < 4.78 is 13.0. The molecule has 1 heterocycles.